The third-order valence-corrected chi connectivity index (χ3v) is 6.40. The summed E-state index contributed by atoms with van der Waals surface area (Å²) in [5, 5.41) is 0. The number of rotatable bonds is 3. The van der Waals surface area contributed by atoms with Gasteiger partial charge in [-0.1, -0.05) is 23.3 Å². The number of esters is 2. The van der Waals surface area contributed by atoms with Gasteiger partial charge in [0.25, 0.3) is 0 Å². The number of carbonyl (C=O) groups excluding carboxylic acids is 4. The van der Waals surface area contributed by atoms with Gasteiger partial charge in [-0.3, -0.25) is 19.2 Å². The molecule has 0 fully saturated rings. The molecule has 3 aromatic carbocycles. The minimum atomic E-state index is -1.84. The van der Waals surface area contributed by atoms with Crippen molar-refractivity contribution in [1.29, 1.82) is 0 Å². The topological polar surface area (TPSA) is 86.7 Å². The second-order valence-corrected chi connectivity index (χ2v) is 8.85. The number of halogens is 3. The Bertz CT molecular complexity index is 1390. The van der Waals surface area contributed by atoms with Crippen molar-refractivity contribution in [3.8, 4) is 11.5 Å². The molecular weight excluding hydrogens is 477 g/mol. The van der Waals surface area contributed by atoms with Crippen molar-refractivity contribution < 1.29 is 41.8 Å². The second-order valence-electron chi connectivity index (χ2n) is 8.85. The van der Waals surface area contributed by atoms with Crippen molar-refractivity contribution in [3.63, 3.8) is 0 Å². The van der Waals surface area contributed by atoms with Gasteiger partial charge in [0, 0.05) is 5.92 Å². The number of fused-ring (bicyclic) bond motifs is 2. The third-order valence-electron chi connectivity index (χ3n) is 6.40. The van der Waals surface area contributed by atoms with Gasteiger partial charge in [0.1, 0.15) is 23.3 Å². The van der Waals surface area contributed by atoms with Gasteiger partial charge < -0.3 is 9.47 Å². The lowest BCUT2D eigenvalue weighted by atomic mass is 9.70. The zero-order valence-electron chi connectivity index (χ0n) is 18.9. The first-order valence-corrected chi connectivity index (χ1v) is 10.9. The monoisotopic (exact) mass is 494 g/mol. The van der Waals surface area contributed by atoms with Gasteiger partial charge in [-0.2, -0.15) is 0 Å². The first-order valence-electron chi connectivity index (χ1n) is 10.9. The molecule has 6 nitrogen and oxygen atoms in total. The average Bonchev–Trinajstić information content (AvgIpc) is 2.82. The fourth-order valence-electron chi connectivity index (χ4n) is 4.71. The maximum Gasteiger partial charge on any atom is 0.322 e. The van der Waals surface area contributed by atoms with Gasteiger partial charge in [-0.05, 0) is 55.8 Å². The molecule has 5 rings (SSSR count). The van der Waals surface area contributed by atoms with E-state index < -0.39 is 64.3 Å². The molecule has 0 bridgehead atoms. The van der Waals surface area contributed by atoms with Crippen molar-refractivity contribution in [2.75, 3.05) is 0 Å². The van der Waals surface area contributed by atoms with Crippen LogP contribution >= 0.6 is 0 Å². The van der Waals surface area contributed by atoms with Crippen molar-refractivity contribution in [2.45, 2.75) is 19.8 Å². The Balaban J connectivity index is 1.72. The van der Waals surface area contributed by atoms with E-state index in [4.69, 9.17) is 9.47 Å². The molecule has 2 aliphatic heterocycles. The first-order chi connectivity index (χ1) is 17.1. The number of hydrogen-bond donors (Lipinski definition) is 0. The predicted molar refractivity (Wildman–Crippen MR) is 118 cm³/mol. The van der Waals surface area contributed by atoms with E-state index in [1.165, 1.54) is 24.3 Å². The Morgan fingerprint density at radius 3 is 1.50 bits per heavy atom. The van der Waals surface area contributed by atoms with Crippen LogP contribution < -0.4 is 9.47 Å². The van der Waals surface area contributed by atoms with Crippen molar-refractivity contribution in [2.24, 2.45) is 11.8 Å². The standard InChI is InChI=1S/C27H17F3O6/c1-11-3-5-18-14(7-11)24(31)21(26(33)35-18)20(13-9-16(28)23(30)17(29)10-13)22-25(32)15-8-12(2)4-6-19(15)36-27(22)34/h3-10,20-22H,1-2H3. The van der Waals surface area contributed by atoms with Crippen LogP contribution in [-0.2, 0) is 9.59 Å². The molecule has 0 spiro atoms. The maximum absolute atomic E-state index is 14.3. The molecule has 0 saturated carbocycles. The van der Waals surface area contributed by atoms with E-state index in [0.29, 0.717) is 23.3 Å². The molecule has 2 unspecified atom stereocenters. The molecule has 0 saturated heterocycles. The van der Waals surface area contributed by atoms with Gasteiger partial charge in [-0.25, -0.2) is 13.2 Å². The van der Waals surface area contributed by atoms with Crippen LogP contribution in [0.2, 0.25) is 0 Å². The van der Waals surface area contributed by atoms with Gasteiger partial charge >= 0.3 is 11.9 Å². The largest absolute Gasteiger partial charge is 0.425 e. The highest BCUT2D eigenvalue weighted by Crippen LogP contribution is 2.44. The Hall–Kier alpha value is -4.27. The highest BCUT2D eigenvalue weighted by Gasteiger charge is 2.52. The maximum atomic E-state index is 14.3. The van der Waals surface area contributed by atoms with Crippen LogP contribution in [0.4, 0.5) is 13.2 Å². The summed E-state index contributed by atoms with van der Waals surface area (Å²) in [7, 11) is 0. The van der Waals surface area contributed by atoms with Gasteiger partial charge in [0.15, 0.2) is 29.0 Å². The fourth-order valence-corrected chi connectivity index (χ4v) is 4.71. The molecule has 0 N–H and O–H groups in total. The Morgan fingerprint density at radius 1 is 0.667 bits per heavy atom. The summed E-state index contributed by atoms with van der Waals surface area (Å²) >= 11 is 0. The minimum Gasteiger partial charge on any atom is -0.425 e. The number of Topliss-reactive ketones (excluding diaryl/α,β-unsaturated/α-hetero) is 2. The van der Waals surface area contributed by atoms with Crippen molar-refractivity contribution in [3.05, 3.63) is 93.8 Å². The summed E-state index contributed by atoms with van der Waals surface area (Å²) in [5.74, 6) is -14.3. The molecule has 2 atom stereocenters. The van der Waals surface area contributed by atoms with E-state index in [0.717, 1.165) is 0 Å². The first kappa shape index (κ1) is 23.5. The molecule has 36 heavy (non-hydrogen) atoms. The number of ether oxygens (including phenoxy) is 2. The summed E-state index contributed by atoms with van der Waals surface area (Å²) in [4.78, 5) is 53.3. The lowest BCUT2D eigenvalue weighted by molar-refractivity contribution is -0.142. The Labute approximate surface area is 202 Å². The minimum absolute atomic E-state index is 0.000487. The van der Waals surface area contributed by atoms with Crippen molar-refractivity contribution >= 4 is 23.5 Å². The molecular formula is C27H17F3O6. The van der Waals surface area contributed by atoms with E-state index in [9.17, 15) is 32.3 Å². The molecule has 0 aromatic heterocycles. The van der Waals surface area contributed by atoms with Crippen LogP contribution in [0.5, 0.6) is 11.5 Å². The van der Waals surface area contributed by atoms with E-state index in [1.807, 2.05) is 0 Å². The summed E-state index contributed by atoms with van der Waals surface area (Å²) in [6, 6.07) is 10.1. The molecule has 0 amide bonds. The molecule has 2 aliphatic rings. The second kappa shape index (κ2) is 8.44. The van der Waals surface area contributed by atoms with Crippen LogP contribution in [0.3, 0.4) is 0 Å². The molecule has 0 aliphatic carbocycles. The van der Waals surface area contributed by atoms with Crippen LogP contribution in [0.15, 0.2) is 48.5 Å². The Morgan fingerprint density at radius 2 is 1.08 bits per heavy atom. The average molecular weight is 494 g/mol. The van der Waals surface area contributed by atoms with Gasteiger partial charge in [-0.15, -0.1) is 0 Å². The van der Waals surface area contributed by atoms with E-state index >= 15 is 0 Å². The summed E-state index contributed by atoms with van der Waals surface area (Å²) < 4.78 is 53.0. The lowest BCUT2D eigenvalue weighted by Gasteiger charge is -2.34. The number of hydrogen-bond acceptors (Lipinski definition) is 6. The smallest absolute Gasteiger partial charge is 0.322 e. The third kappa shape index (κ3) is 3.67. The summed E-state index contributed by atoms with van der Waals surface area (Å²) in [6.45, 7) is 3.39. The number of carbonyl (C=O) groups is 4. The SMILES string of the molecule is Cc1ccc2c(c1)C(=O)C(C(c1cc(F)c(F)c(F)c1)C1C(=O)Oc3ccc(C)cc3C1=O)C(=O)O2. The Kier molecular flexibility index (Phi) is 5.50. The highest BCUT2D eigenvalue weighted by atomic mass is 19.2. The zero-order chi connectivity index (χ0) is 25.9. The molecule has 9 heteroatoms. The molecule has 2 heterocycles. The number of benzene rings is 3. The number of aryl methyl sites for hydroxylation is 2. The summed E-state index contributed by atoms with van der Waals surface area (Å²) in [5.41, 5.74) is 0.879. The van der Waals surface area contributed by atoms with Crippen LogP contribution in [0.25, 0.3) is 0 Å². The van der Waals surface area contributed by atoms with E-state index in [1.54, 1.807) is 26.0 Å². The number of ketones is 2. The fraction of sp³-hybridized carbons (Fsp3) is 0.185. The normalized spacial score (nSPS) is 19.8. The van der Waals surface area contributed by atoms with Gasteiger partial charge in [0.05, 0.1) is 11.1 Å². The molecule has 3 aromatic rings. The molecule has 182 valence electrons. The highest BCUT2D eigenvalue weighted by molar-refractivity contribution is 6.18. The van der Waals surface area contributed by atoms with E-state index in [2.05, 4.69) is 0 Å². The van der Waals surface area contributed by atoms with Crippen molar-refractivity contribution in [1.82, 2.24) is 0 Å². The zero-order valence-corrected chi connectivity index (χ0v) is 18.9. The summed E-state index contributed by atoms with van der Waals surface area (Å²) in [6.07, 6.45) is 0. The van der Waals surface area contributed by atoms with Crippen LogP contribution in [0.1, 0.15) is 43.3 Å². The predicted octanol–water partition coefficient (Wildman–Crippen LogP) is 4.64. The van der Waals surface area contributed by atoms with Gasteiger partial charge in [0.2, 0.25) is 0 Å². The lowest BCUT2D eigenvalue weighted by Crippen LogP contribution is -2.46. The molecule has 0 radical (unpaired) electrons. The van der Waals surface area contributed by atoms with Crippen LogP contribution in [0, 0.1) is 43.1 Å². The quantitative estimate of drug-likeness (QED) is 0.228. The van der Waals surface area contributed by atoms with E-state index in [-0.39, 0.29) is 22.6 Å². The van der Waals surface area contributed by atoms with Crippen LogP contribution in [-0.4, -0.2) is 23.5 Å².